The number of fused-ring (bicyclic) bond motifs is 1. The molecule has 0 bridgehead atoms. The van der Waals surface area contributed by atoms with Crippen molar-refractivity contribution in [3.05, 3.63) is 114 Å². The Morgan fingerprint density at radius 1 is 0.758 bits per heavy atom. The Bertz CT molecular complexity index is 1250. The number of nitrogens with one attached hydrogen (secondary N) is 1. The van der Waals surface area contributed by atoms with Gasteiger partial charge in [-0.05, 0) is 39.6 Å². The number of carbonyl (C=O) groups is 2. The largest absolute Gasteiger partial charge is 0.489 e. The summed E-state index contributed by atoms with van der Waals surface area (Å²) in [5.74, 6) is -0.741. The van der Waals surface area contributed by atoms with Crippen molar-refractivity contribution in [2.45, 2.75) is 25.5 Å². The average molecular weight is 440 g/mol. The highest BCUT2D eigenvalue weighted by Crippen LogP contribution is 2.18. The summed E-state index contributed by atoms with van der Waals surface area (Å²) < 4.78 is 5.84. The maximum Gasteiger partial charge on any atom is 0.326 e. The van der Waals surface area contributed by atoms with Gasteiger partial charge in [0.2, 0.25) is 5.91 Å². The van der Waals surface area contributed by atoms with Crippen LogP contribution in [0, 0.1) is 0 Å². The number of ether oxygens (including phenoxy) is 1. The Morgan fingerprint density at radius 3 is 2.27 bits per heavy atom. The third-order valence-corrected chi connectivity index (χ3v) is 5.40. The van der Waals surface area contributed by atoms with Crippen molar-refractivity contribution in [3.63, 3.8) is 0 Å². The zero-order chi connectivity index (χ0) is 23.0. The number of carboxylic acids is 1. The molecule has 0 radical (unpaired) electrons. The average Bonchev–Trinajstić information content (AvgIpc) is 2.83. The molecule has 0 unspecified atom stereocenters. The van der Waals surface area contributed by atoms with Crippen LogP contribution in [0.15, 0.2) is 97.1 Å². The molecule has 0 heterocycles. The SMILES string of the molecule is O=C(Cc1ccc2ccccc2c1)N[C@@H](Cc1cccc(OCc2ccccc2)c1)C(=O)O. The summed E-state index contributed by atoms with van der Waals surface area (Å²) in [7, 11) is 0. The highest BCUT2D eigenvalue weighted by atomic mass is 16.5. The van der Waals surface area contributed by atoms with Crippen molar-refractivity contribution in [2.24, 2.45) is 0 Å². The summed E-state index contributed by atoms with van der Waals surface area (Å²) in [5.41, 5.74) is 2.66. The Kier molecular flexibility index (Phi) is 7.00. The highest BCUT2D eigenvalue weighted by Gasteiger charge is 2.21. The van der Waals surface area contributed by atoms with Crippen LogP contribution in [0.4, 0.5) is 0 Å². The molecule has 166 valence electrons. The maximum absolute atomic E-state index is 12.6. The van der Waals surface area contributed by atoms with Gasteiger partial charge < -0.3 is 15.2 Å². The molecule has 4 aromatic carbocycles. The lowest BCUT2D eigenvalue weighted by atomic mass is 10.0. The number of rotatable bonds is 9. The smallest absolute Gasteiger partial charge is 0.326 e. The summed E-state index contributed by atoms with van der Waals surface area (Å²) in [6.45, 7) is 0.426. The zero-order valence-corrected chi connectivity index (χ0v) is 18.1. The summed E-state index contributed by atoms with van der Waals surface area (Å²) in [6.07, 6.45) is 0.288. The minimum Gasteiger partial charge on any atom is -0.489 e. The summed E-state index contributed by atoms with van der Waals surface area (Å²) >= 11 is 0. The van der Waals surface area contributed by atoms with Crippen LogP contribution in [-0.4, -0.2) is 23.0 Å². The van der Waals surface area contributed by atoms with E-state index in [9.17, 15) is 14.7 Å². The van der Waals surface area contributed by atoms with Crippen LogP contribution in [0.1, 0.15) is 16.7 Å². The van der Waals surface area contributed by atoms with Gasteiger partial charge in [-0.15, -0.1) is 0 Å². The summed E-state index contributed by atoms with van der Waals surface area (Å²) in [6, 6.07) is 29.8. The molecular formula is C28H25NO4. The van der Waals surface area contributed by atoms with Crippen LogP contribution in [0.25, 0.3) is 10.8 Å². The molecular weight excluding hydrogens is 414 g/mol. The topological polar surface area (TPSA) is 75.6 Å². The molecule has 5 heteroatoms. The molecule has 0 aliphatic carbocycles. The second kappa shape index (κ2) is 10.5. The first-order valence-electron chi connectivity index (χ1n) is 10.8. The monoisotopic (exact) mass is 439 g/mol. The van der Waals surface area contributed by atoms with Crippen molar-refractivity contribution in [3.8, 4) is 5.75 Å². The second-order valence-electron chi connectivity index (χ2n) is 7.94. The number of amides is 1. The number of carboxylic acid groups (broad SMARTS) is 1. The van der Waals surface area contributed by atoms with Crippen molar-refractivity contribution < 1.29 is 19.4 Å². The Labute approximate surface area is 192 Å². The minimum absolute atomic E-state index is 0.120. The fourth-order valence-electron chi connectivity index (χ4n) is 3.72. The molecule has 0 fully saturated rings. The van der Waals surface area contributed by atoms with Gasteiger partial charge in [0.15, 0.2) is 0 Å². The number of carbonyl (C=O) groups excluding carboxylic acids is 1. The lowest BCUT2D eigenvalue weighted by Gasteiger charge is -2.16. The van der Waals surface area contributed by atoms with Gasteiger partial charge in [-0.2, -0.15) is 0 Å². The number of benzene rings is 4. The van der Waals surface area contributed by atoms with Gasteiger partial charge in [0.25, 0.3) is 0 Å². The molecule has 0 aromatic heterocycles. The van der Waals surface area contributed by atoms with Gasteiger partial charge in [-0.3, -0.25) is 4.79 Å². The maximum atomic E-state index is 12.6. The number of hydrogen-bond donors (Lipinski definition) is 2. The lowest BCUT2D eigenvalue weighted by molar-refractivity contribution is -0.141. The third kappa shape index (κ3) is 6.20. The first-order valence-corrected chi connectivity index (χ1v) is 10.8. The number of aliphatic carboxylic acids is 1. The van der Waals surface area contributed by atoms with E-state index in [2.05, 4.69) is 5.32 Å². The Morgan fingerprint density at radius 2 is 1.48 bits per heavy atom. The molecule has 4 aromatic rings. The van der Waals surface area contributed by atoms with E-state index in [4.69, 9.17) is 4.74 Å². The first kappa shape index (κ1) is 22.1. The van der Waals surface area contributed by atoms with E-state index in [1.165, 1.54) is 0 Å². The van der Waals surface area contributed by atoms with Crippen LogP contribution >= 0.6 is 0 Å². The zero-order valence-electron chi connectivity index (χ0n) is 18.1. The van der Waals surface area contributed by atoms with Gasteiger partial charge in [0.1, 0.15) is 18.4 Å². The van der Waals surface area contributed by atoms with Crippen LogP contribution in [0.2, 0.25) is 0 Å². The van der Waals surface area contributed by atoms with Gasteiger partial charge >= 0.3 is 5.97 Å². The number of hydrogen-bond acceptors (Lipinski definition) is 3. The molecule has 33 heavy (non-hydrogen) atoms. The molecule has 2 N–H and O–H groups in total. The summed E-state index contributed by atoms with van der Waals surface area (Å²) in [4.78, 5) is 24.4. The predicted molar refractivity (Wildman–Crippen MR) is 128 cm³/mol. The lowest BCUT2D eigenvalue weighted by Crippen LogP contribution is -2.43. The highest BCUT2D eigenvalue weighted by molar-refractivity contribution is 5.87. The first-order chi connectivity index (χ1) is 16.1. The normalized spacial score (nSPS) is 11.6. The molecule has 1 amide bonds. The quantitative estimate of drug-likeness (QED) is 0.394. The standard InChI is InChI=1S/C28H25NO4/c30-27(18-22-13-14-23-10-4-5-11-24(23)15-22)29-26(28(31)32)17-21-9-6-12-25(16-21)33-19-20-7-2-1-3-8-20/h1-16,26H,17-19H2,(H,29,30)(H,31,32)/t26-/m0/s1. The molecule has 0 saturated heterocycles. The summed E-state index contributed by atoms with van der Waals surface area (Å²) in [5, 5.41) is 14.5. The third-order valence-electron chi connectivity index (χ3n) is 5.40. The molecule has 0 spiro atoms. The fourth-order valence-corrected chi connectivity index (χ4v) is 3.72. The second-order valence-corrected chi connectivity index (χ2v) is 7.94. The van der Waals surface area contributed by atoms with Gasteiger partial charge in [0, 0.05) is 6.42 Å². The molecule has 0 aliphatic heterocycles. The van der Waals surface area contributed by atoms with Crippen LogP contribution in [0.3, 0.4) is 0 Å². The van der Waals surface area contributed by atoms with E-state index in [0.717, 1.165) is 27.5 Å². The fraction of sp³-hybridized carbons (Fsp3) is 0.143. The van der Waals surface area contributed by atoms with E-state index in [1.54, 1.807) is 0 Å². The molecule has 0 saturated carbocycles. The van der Waals surface area contributed by atoms with Crippen LogP contribution in [0.5, 0.6) is 5.75 Å². The molecule has 0 aliphatic rings. The van der Waals surface area contributed by atoms with E-state index >= 15 is 0 Å². The van der Waals surface area contributed by atoms with Crippen molar-refractivity contribution >= 4 is 22.6 Å². The van der Waals surface area contributed by atoms with E-state index in [-0.39, 0.29) is 18.7 Å². The van der Waals surface area contributed by atoms with E-state index in [0.29, 0.717) is 12.4 Å². The van der Waals surface area contributed by atoms with Crippen molar-refractivity contribution in [1.82, 2.24) is 5.32 Å². The van der Waals surface area contributed by atoms with Crippen molar-refractivity contribution in [1.29, 1.82) is 0 Å². The molecule has 5 nitrogen and oxygen atoms in total. The van der Waals surface area contributed by atoms with Gasteiger partial charge in [-0.1, -0.05) is 84.9 Å². The molecule has 4 rings (SSSR count). The van der Waals surface area contributed by atoms with Gasteiger partial charge in [-0.25, -0.2) is 4.79 Å². The van der Waals surface area contributed by atoms with E-state index < -0.39 is 12.0 Å². The van der Waals surface area contributed by atoms with E-state index in [1.807, 2.05) is 97.1 Å². The minimum atomic E-state index is -1.07. The Balaban J connectivity index is 1.37. The van der Waals surface area contributed by atoms with Gasteiger partial charge in [0.05, 0.1) is 6.42 Å². The van der Waals surface area contributed by atoms with Crippen molar-refractivity contribution in [2.75, 3.05) is 0 Å². The molecule has 1 atom stereocenters. The van der Waals surface area contributed by atoms with Crippen LogP contribution in [-0.2, 0) is 29.0 Å². The Hall–Kier alpha value is -4.12. The predicted octanol–water partition coefficient (Wildman–Crippen LogP) is 4.77. The van der Waals surface area contributed by atoms with Crippen LogP contribution < -0.4 is 10.1 Å².